The molecule has 1 amide bonds. The lowest BCUT2D eigenvalue weighted by atomic mass is 9.84. The number of carbonyl (C=O) groups excluding carboxylic acids is 3. The van der Waals surface area contributed by atoms with Crippen molar-refractivity contribution in [2.75, 3.05) is 42.9 Å². The summed E-state index contributed by atoms with van der Waals surface area (Å²) in [5.41, 5.74) is 2.54. The van der Waals surface area contributed by atoms with Gasteiger partial charge in [0.05, 0.1) is 28.0 Å². The van der Waals surface area contributed by atoms with Crippen molar-refractivity contribution in [1.29, 1.82) is 0 Å². The normalized spacial score (nSPS) is 15.6. The van der Waals surface area contributed by atoms with Crippen LogP contribution in [-0.2, 0) is 4.79 Å². The molecule has 172 valence electrons. The summed E-state index contributed by atoms with van der Waals surface area (Å²) in [4.78, 5) is 42.8. The van der Waals surface area contributed by atoms with E-state index in [0.29, 0.717) is 34.9 Å². The number of carbonyl (C=O) groups is 3. The predicted octanol–water partition coefficient (Wildman–Crippen LogP) is 4.53. The molecule has 6 nitrogen and oxygen atoms in total. The van der Waals surface area contributed by atoms with Gasteiger partial charge in [0.15, 0.2) is 11.6 Å². The Bertz CT molecular complexity index is 1320. The van der Waals surface area contributed by atoms with Crippen LogP contribution in [0, 0.1) is 0 Å². The molecule has 0 spiro atoms. The van der Waals surface area contributed by atoms with Crippen LogP contribution < -0.4 is 10.2 Å². The Kier molecular flexibility index (Phi) is 6.13. The summed E-state index contributed by atoms with van der Waals surface area (Å²) < 4.78 is 0. The van der Waals surface area contributed by atoms with Gasteiger partial charge in [0.25, 0.3) is 0 Å². The summed E-state index contributed by atoms with van der Waals surface area (Å²) >= 11 is 12.7. The van der Waals surface area contributed by atoms with E-state index in [1.54, 1.807) is 24.3 Å². The zero-order valence-electron chi connectivity index (χ0n) is 18.2. The highest BCUT2D eigenvalue weighted by Gasteiger charge is 2.30. The summed E-state index contributed by atoms with van der Waals surface area (Å²) in [5, 5.41) is 3.74. The first-order valence-corrected chi connectivity index (χ1v) is 11.7. The number of ketones is 2. The number of piperazine rings is 1. The van der Waals surface area contributed by atoms with Gasteiger partial charge in [-0.3, -0.25) is 19.3 Å². The molecule has 2 aliphatic rings. The van der Waals surface area contributed by atoms with Gasteiger partial charge in [0, 0.05) is 48.4 Å². The number of para-hydroxylation sites is 1. The molecule has 1 aliphatic heterocycles. The lowest BCUT2D eigenvalue weighted by Gasteiger charge is -2.36. The van der Waals surface area contributed by atoms with Crippen molar-refractivity contribution >= 4 is 52.1 Å². The van der Waals surface area contributed by atoms with Gasteiger partial charge < -0.3 is 10.2 Å². The lowest BCUT2D eigenvalue weighted by molar-refractivity contribution is -0.117. The van der Waals surface area contributed by atoms with Crippen molar-refractivity contribution in [1.82, 2.24) is 4.90 Å². The first kappa shape index (κ1) is 22.6. The molecule has 0 saturated carbocycles. The second-order valence-corrected chi connectivity index (χ2v) is 9.16. The lowest BCUT2D eigenvalue weighted by Crippen LogP contribution is -2.48. The minimum absolute atomic E-state index is 0.194. The molecule has 5 rings (SSSR count). The monoisotopic (exact) mass is 493 g/mol. The third kappa shape index (κ3) is 4.20. The second kappa shape index (κ2) is 9.22. The van der Waals surface area contributed by atoms with Crippen molar-refractivity contribution in [3.63, 3.8) is 0 Å². The van der Waals surface area contributed by atoms with E-state index in [9.17, 15) is 14.4 Å². The Morgan fingerprint density at radius 2 is 1.35 bits per heavy atom. The predicted molar refractivity (Wildman–Crippen MR) is 133 cm³/mol. The SMILES string of the molecule is O=C(CN1CCN(c2ccccc2Cl)CC1)Nc1cc2c(cc1Cl)C(=O)c1ccccc1C2=O. The van der Waals surface area contributed by atoms with Crippen LogP contribution in [0.15, 0.2) is 60.7 Å². The summed E-state index contributed by atoms with van der Waals surface area (Å²) in [6.07, 6.45) is 0. The molecule has 1 fully saturated rings. The molecule has 0 atom stereocenters. The number of hydrogen-bond donors (Lipinski definition) is 1. The Balaban J connectivity index is 1.26. The number of nitrogens with one attached hydrogen (secondary N) is 1. The summed E-state index contributed by atoms with van der Waals surface area (Å²) in [6, 6.07) is 17.4. The third-order valence-corrected chi connectivity index (χ3v) is 6.85. The van der Waals surface area contributed by atoms with E-state index in [1.165, 1.54) is 12.1 Å². The van der Waals surface area contributed by atoms with Crippen LogP contribution in [0.2, 0.25) is 10.0 Å². The van der Waals surface area contributed by atoms with Crippen LogP contribution in [0.1, 0.15) is 31.8 Å². The minimum atomic E-state index is -0.256. The van der Waals surface area contributed by atoms with Gasteiger partial charge in [0.1, 0.15) is 0 Å². The zero-order valence-corrected chi connectivity index (χ0v) is 19.7. The number of amides is 1. The number of halogens is 2. The molecule has 1 heterocycles. The molecule has 0 unspecified atom stereocenters. The fraction of sp³-hybridized carbons (Fsp3) is 0.192. The smallest absolute Gasteiger partial charge is 0.238 e. The molecular weight excluding hydrogens is 473 g/mol. The minimum Gasteiger partial charge on any atom is -0.368 e. The fourth-order valence-corrected chi connectivity index (χ4v) is 4.93. The second-order valence-electron chi connectivity index (χ2n) is 8.34. The maximum Gasteiger partial charge on any atom is 0.238 e. The number of anilines is 2. The Morgan fingerprint density at radius 1 is 0.765 bits per heavy atom. The molecule has 8 heteroatoms. The van der Waals surface area contributed by atoms with Crippen LogP contribution in [0.5, 0.6) is 0 Å². The van der Waals surface area contributed by atoms with Gasteiger partial charge in [0.2, 0.25) is 5.91 Å². The van der Waals surface area contributed by atoms with Crippen molar-refractivity contribution in [2.45, 2.75) is 0 Å². The molecule has 1 saturated heterocycles. The van der Waals surface area contributed by atoms with E-state index in [2.05, 4.69) is 15.1 Å². The van der Waals surface area contributed by atoms with Crippen LogP contribution in [0.4, 0.5) is 11.4 Å². The van der Waals surface area contributed by atoms with Crippen molar-refractivity contribution < 1.29 is 14.4 Å². The molecule has 3 aromatic carbocycles. The highest BCUT2D eigenvalue weighted by Crippen LogP contribution is 2.33. The van der Waals surface area contributed by atoms with E-state index in [1.807, 2.05) is 24.3 Å². The maximum absolute atomic E-state index is 13.0. The zero-order chi connectivity index (χ0) is 23.8. The molecule has 34 heavy (non-hydrogen) atoms. The van der Waals surface area contributed by atoms with Crippen molar-refractivity contribution in [2.24, 2.45) is 0 Å². The summed E-state index contributed by atoms with van der Waals surface area (Å²) in [6.45, 7) is 3.12. The highest BCUT2D eigenvalue weighted by molar-refractivity contribution is 6.36. The Labute approximate surface area is 207 Å². The molecule has 3 aromatic rings. The molecule has 0 bridgehead atoms. The Morgan fingerprint density at radius 3 is 2.00 bits per heavy atom. The molecule has 0 aromatic heterocycles. The number of nitrogens with zero attached hydrogens (tertiary/aromatic N) is 2. The molecule has 1 N–H and O–H groups in total. The van der Waals surface area contributed by atoms with E-state index >= 15 is 0 Å². The summed E-state index contributed by atoms with van der Waals surface area (Å²) in [5.74, 6) is -0.738. The Hall–Kier alpha value is -3.19. The van der Waals surface area contributed by atoms with Crippen LogP contribution in [-0.4, -0.2) is 55.1 Å². The van der Waals surface area contributed by atoms with Gasteiger partial charge in [-0.1, -0.05) is 59.6 Å². The fourth-order valence-electron chi connectivity index (χ4n) is 4.46. The van der Waals surface area contributed by atoms with Crippen LogP contribution in [0.25, 0.3) is 0 Å². The van der Waals surface area contributed by atoms with Gasteiger partial charge in [-0.25, -0.2) is 0 Å². The number of rotatable bonds is 4. The number of benzene rings is 3. The largest absolute Gasteiger partial charge is 0.368 e. The number of hydrogen-bond acceptors (Lipinski definition) is 5. The first-order chi connectivity index (χ1) is 16.4. The molecule has 0 radical (unpaired) electrons. The van der Waals surface area contributed by atoms with Gasteiger partial charge in [-0.2, -0.15) is 0 Å². The average molecular weight is 494 g/mol. The third-order valence-electron chi connectivity index (χ3n) is 6.22. The van der Waals surface area contributed by atoms with E-state index in [-0.39, 0.29) is 40.2 Å². The van der Waals surface area contributed by atoms with Gasteiger partial charge >= 0.3 is 0 Å². The van der Waals surface area contributed by atoms with Crippen molar-refractivity contribution in [3.05, 3.63) is 93.0 Å². The van der Waals surface area contributed by atoms with Gasteiger partial charge in [-0.05, 0) is 24.3 Å². The van der Waals surface area contributed by atoms with Gasteiger partial charge in [-0.15, -0.1) is 0 Å². The highest BCUT2D eigenvalue weighted by atomic mass is 35.5. The maximum atomic E-state index is 13.0. The van der Waals surface area contributed by atoms with Crippen LogP contribution in [0.3, 0.4) is 0 Å². The molecule has 1 aliphatic carbocycles. The topological polar surface area (TPSA) is 69.7 Å². The van der Waals surface area contributed by atoms with E-state index in [4.69, 9.17) is 23.2 Å². The summed E-state index contributed by atoms with van der Waals surface area (Å²) in [7, 11) is 0. The first-order valence-electron chi connectivity index (χ1n) is 11.0. The number of fused-ring (bicyclic) bond motifs is 2. The van der Waals surface area contributed by atoms with E-state index < -0.39 is 0 Å². The van der Waals surface area contributed by atoms with Crippen molar-refractivity contribution in [3.8, 4) is 0 Å². The standard InChI is InChI=1S/C26H21Cl2N3O3/c27-20-7-3-4-8-23(20)31-11-9-30(10-12-31)15-24(32)29-22-14-19-18(13-21(22)28)25(33)16-5-1-2-6-17(16)26(19)34/h1-8,13-14H,9-12,15H2,(H,29,32). The van der Waals surface area contributed by atoms with E-state index in [0.717, 1.165) is 18.8 Å². The quantitative estimate of drug-likeness (QED) is 0.452. The average Bonchev–Trinajstić information content (AvgIpc) is 2.84. The van der Waals surface area contributed by atoms with Crippen LogP contribution >= 0.6 is 23.2 Å². The molecular formula is C26H21Cl2N3O3.